The maximum Gasteiger partial charge on any atom is 0.119 e. The van der Waals surface area contributed by atoms with E-state index in [1.54, 1.807) is 7.11 Å². The first-order chi connectivity index (χ1) is 10.3. The van der Waals surface area contributed by atoms with Crippen LogP contribution in [-0.4, -0.2) is 26.3 Å². The zero-order valence-corrected chi connectivity index (χ0v) is 13.4. The van der Waals surface area contributed by atoms with Crippen molar-refractivity contribution in [1.82, 2.24) is 5.32 Å². The van der Waals surface area contributed by atoms with Crippen molar-refractivity contribution in [2.24, 2.45) is 5.92 Å². The Bertz CT molecular complexity index is 383. The minimum Gasteiger partial charge on any atom is -0.497 e. The summed E-state index contributed by atoms with van der Waals surface area (Å²) in [5, 5.41) is 3.62. The van der Waals surface area contributed by atoms with Crippen LogP contribution in [-0.2, 0) is 0 Å². The van der Waals surface area contributed by atoms with E-state index in [0.29, 0.717) is 12.6 Å². The van der Waals surface area contributed by atoms with Crippen LogP contribution in [0, 0.1) is 5.92 Å². The summed E-state index contributed by atoms with van der Waals surface area (Å²) in [6.45, 7) is 3.94. The van der Waals surface area contributed by atoms with Crippen LogP contribution in [0.15, 0.2) is 24.3 Å². The van der Waals surface area contributed by atoms with Gasteiger partial charge in [-0.15, -0.1) is 0 Å². The molecule has 0 aromatic heterocycles. The predicted octanol–water partition coefficient (Wildman–Crippen LogP) is 4.02. The Hall–Kier alpha value is -1.22. The first kappa shape index (κ1) is 16.2. The van der Waals surface area contributed by atoms with Gasteiger partial charge in [0.25, 0.3) is 0 Å². The van der Waals surface area contributed by atoms with Crippen LogP contribution in [0.1, 0.15) is 45.4 Å². The Morgan fingerprint density at radius 2 is 1.67 bits per heavy atom. The topological polar surface area (TPSA) is 30.5 Å². The van der Waals surface area contributed by atoms with E-state index in [2.05, 4.69) is 12.2 Å². The second kappa shape index (κ2) is 8.93. The summed E-state index contributed by atoms with van der Waals surface area (Å²) in [4.78, 5) is 0. The van der Waals surface area contributed by atoms with E-state index in [-0.39, 0.29) is 0 Å². The van der Waals surface area contributed by atoms with E-state index < -0.39 is 0 Å². The summed E-state index contributed by atoms with van der Waals surface area (Å²) in [5.41, 5.74) is 0. The van der Waals surface area contributed by atoms with Crippen molar-refractivity contribution in [2.75, 3.05) is 20.3 Å². The number of hydrogen-bond donors (Lipinski definition) is 1. The standard InChI is InChI=1S/C18H29NO2/c1-15(16-7-5-3-4-6-8-16)19-13-14-21-18-11-9-17(20-2)10-12-18/h9-12,15-16,19H,3-8,13-14H2,1-2H3/t15-/m1/s1. The molecule has 0 radical (unpaired) electrons. The van der Waals surface area contributed by atoms with Crippen molar-refractivity contribution in [3.05, 3.63) is 24.3 Å². The summed E-state index contributed by atoms with van der Waals surface area (Å²) in [6.07, 6.45) is 8.41. The highest BCUT2D eigenvalue weighted by molar-refractivity contribution is 5.31. The summed E-state index contributed by atoms with van der Waals surface area (Å²) >= 11 is 0. The van der Waals surface area contributed by atoms with Crippen LogP contribution in [0.3, 0.4) is 0 Å². The molecule has 1 atom stereocenters. The molecule has 1 aromatic carbocycles. The molecule has 1 N–H and O–H groups in total. The van der Waals surface area contributed by atoms with Gasteiger partial charge >= 0.3 is 0 Å². The fraction of sp³-hybridized carbons (Fsp3) is 0.667. The fourth-order valence-electron chi connectivity index (χ4n) is 3.11. The smallest absolute Gasteiger partial charge is 0.119 e. The molecule has 118 valence electrons. The van der Waals surface area contributed by atoms with Crippen LogP contribution in [0.5, 0.6) is 11.5 Å². The zero-order chi connectivity index (χ0) is 14.9. The van der Waals surface area contributed by atoms with Gasteiger partial charge in [0.1, 0.15) is 18.1 Å². The predicted molar refractivity (Wildman–Crippen MR) is 87.1 cm³/mol. The third-order valence-corrected chi connectivity index (χ3v) is 4.50. The maximum absolute atomic E-state index is 5.75. The minimum absolute atomic E-state index is 0.600. The maximum atomic E-state index is 5.75. The van der Waals surface area contributed by atoms with Crippen molar-refractivity contribution in [3.8, 4) is 11.5 Å². The molecule has 3 heteroatoms. The Kier molecular flexibility index (Phi) is 6.87. The second-order valence-electron chi connectivity index (χ2n) is 6.02. The van der Waals surface area contributed by atoms with Crippen molar-refractivity contribution < 1.29 is 9.47 Å². The van der Waals surface area contributed by atoms with E-state index in [0.717, 1.165) is 24.0 Å². The first-order valence-corrected chi connectivity index (χ1v) is 8.30. The molecular formula is C18H29NO2. The molecule has 3 nitrogen and oxygen atoms in total. The van der Waals surface area contributed by atoms with Crippen molar-refractivity contribution in [2.45, 2.75) is 51.5 Å². The molecule has 1 aliphatic rings. The molecule has 21 heavy (non-hydrogen) atoms. The lowest BCUT2D eigenvalue weighted by Gasteiger charge is -2.23. The molecule has 2 rings (SSSR count). The zero-order valence-electron chi connectivity index (χ0n) is 13.4. The third-order valence-electron chi connectivity index (χ3n) is 4.50. The van der Waals surface area contributed by atoms with Crippen LogP contribution in [0.2, 0.25) is 0 Å². The lowest BCUT2D eigenvalue weighted by molar-refractivity contribution is 0.279. The number of benzene rings is 1. The third kappa shape index (κ3) is 5.58. The second-order valence-corrected chi connectivity index (χ2v) is 6.02. The van der Waals surface area contributed by atoms with Crippen LogP contribution >= 0.6 is 0 Å². The molecule has 1 aromatic rings. The number of hydrogen-bond acceptors (Lipinski definition) is 3. The Balaban J connectivity index is 1.63. The highest BCUT2D eigenvalue weighted by Crippen LogP contribution is 2.25. The molecule has 1 aliphatic carbocycles. The monoisotopic (exact) mass is 291 g/mol. The van der Waals surface area contributed by atoms with Gasteiger partial charge in [-0.25, -0.2) is 0 Å². The van der Waals surface area contributed by atoms with E-state index in [9.17, 15) is 0 Å². The minimum atomic E-state index is 0.600. The van der Waals surface area contributed by atoms with E-state index in [1.165, 1.54) is 38.5 Å². The van der Waals surface area contributed by atoms with Crippen molar-refractivity contribution >= 4 is 0 Å². The first-order valence-electron chi connectivity index (χ1n) is 8.30. The lowest BCUT2D eigenvalue weighted by atomic mass is 9.93. The fourth-order valence-corrected chi connectivity index (χ4v) is 3.11. The van der Waals surface area contributed by atoms with Gasteiger partial charge in [0, 0.05) is 12.6 Å². The van der Waals surface area contributed by atoms with E-state index >= 15 is 0 Å². The average Bonchev–Trinajstić information content (AvgIpc) is 2.81. The summed E-state index contributed by atoms with van der Waals surface area (Å²) in [5.74, 6) is 2.61. The summed E-state index contributed by atoms with van der Waals surface area (Å²) in [7, 11) is 1.68. The van der Waals surface area contributed by atoms with E-state index in [1.807, 2.05) is 24.3 Å². The molecule has 0 saturated heterocycles. The molecule has 1 fully saturated rings. The highest BCUT2D eigenvalue weighted by atomic mass is 16.5. The number of nitrogens with one attached hydrogen (secondary N) is 1. The van der Waals surface area contributed by atoms with Gasteiger partial charge in [-0.2, -0.15) is 0 Å². The Morgan fingerprint density at radius 3 is 2.29 bits per heavy atom. The van der Waals surface area contributed by atoms with Gasteiger partial charge in [-0.05, 0) is 49.9 Å². The van der Waals surface area contributed by atoms with E-state index in [4.69, 9.17) is 9.47 Å². The Morgan fingerprint density at radius 1 is 1.05 bits per heavy atom. The van der Waals surface area contributed by atoms with Crippen LogP contribution in [0.25, 0.3) is 0 Å². The van der Waals surface area contributed by atoms with Gasteiger partial charge in [-0.3, -0.25) is 0 Å². The van der Waals surface area contributed by atoms with Crippen LogP contribution in [0.4, 0.5) is 0 Å². The molecular weight excluding hydrogens is 262 g/mol. The molecule has 0 bridgehead atoms. The normalized spacial score (nSPS) is 18.0. The molecule has 1 saturated carbocycles. The Labute approximate surface area is 129 Å². The number of rotatable bonds is 7. The molecule has 0 heterocycles. The summed E-state index contributed by atoms with van der Waals surface area (Å²) < 4.78 is 10.9. The molecule has 0 aliphatic heterocycles. The quantitative estimate of drug-likeness (QED) is 0.608. The number of ether oxygens (including phenoxy) is 2. The number of methoxy groups -OCH3 is 1. The molecule has 0 unspecified atom stereocenters. The summed E-state index contributed by atoms with van der Waals surface area (Å²) in [6, 6.07) is 8.36. The average molecular weight is 291 g/mol. The van der Waals surface area contributed by atoms with Crippen LogP contribution < -0.4 is 14.8 Å². The van der Waals surface area contributed by atoms with Crippen molar-refractivity contribution in [3.63, 3.8) is 0 Å². The molecule has 0 amide bonds. The lowest BCUT2D eigenvalue weighted by Crippen LogP contribution is -2.36. The SMILES string of the molecule is COc1ccc(OCCN[C@H](C)C2CCCCCC2)cc1. The largest absolute Gasteiger partial charge is 0.497 e. The van der Waals surface area contributed by atoms with Gasteiger partial charge in [-0.1, -0.05) is 25.7 Å². The van der Waals surface area contributed by atoms with Gasteiger partial charge in [0.2, 0.25) is 0 Å². The van der Waals surface area contributed by atoms with Gasteiger partial charge in [0.15, 0.2) is 0 Å². The van der Waals surface area contributed by atoms with Gasteiger partial charge in [0.05, 0.1) is 7.11 Å². The molecule has 0 spiro atoms. The highest BCUT2D eigenvalue weighted by Gasteiger charge is 2.18. The van der Waals surface area contributed by atoms with Crippen molar-refractivity contribution in [1.29, 1.82) is 0 Å². The van der Waals surface area contributed by atoms with Gasteiger partial charge < -0.3 is 14.8 Å².